The van der Waals surface area contributed by atoms with Crippen LogP contribution in [0.3, 0.4) is 0 Å². The molecule has 1 unspecified atom stereocenters. The van der Waals surface area contributed by atoms with Crippen molar-refractivity contribution in [3.63, 3.8) is 0 Å². The summed E-state index contributed by atoms with van der Waals surface area (Å²) in [6.07, 6.45) is 4.08. The molecule has 0 aliphatic heterocycles. The number of hydrogen-bond acceptors (Lipinski definition) is 7. The summed E-state index contributed by atoms with van der Waals surface area (Å²) < 4.78 is 51.9. The largest absolute Gasteiger partial charge is 0.460 e. The van der Waals surface area contributed by atoms with Gasteiger partial charge >= 0.3 is 6.61 Å². The summed E-state index contributed by atoms with van der Waals surface area (Å²) in [5.74, 6) is -1.20. The normalized spacial score (nSPS) is 12.0. The Hall–Kier alpha value is -4.62. The highest BCUT2D eigenvalue weighted by molar-refractivity contribution is 6.09. The maximum atomic E-state index is 13.8. The Bertz CT molecular complexity index is 1430. The van der Waals surface area contributed by atoms with Crippen LogP contribution in [0.5, 0.6) is 11.5 Å². The highest BCUT2D eigenvalue weighted by atomic mass is 19.3. The number of nitrogens with zero attached hydrogens (tertiary/aromatic N) is 6. The quantitative estimate of drug-likeness (QED) is 0.362. The van der Waals surface area contributed by atoms with Crippen LogP contribution >= 0.6 is 0 Å². The average Bonchev–Trinajstić information content (AvgIpc) is 3.43. The maximum Gasteiger partial charge on any atom is 0.387 e. The lowest BCUT2D eigenvalue weighted by Crippen LogP contribution is -2.26. The number of amides is 2. The zero-order chi connectivity index (χ0) is 26.7. The standard InChI is InChI=1S/C23H22F3N7O4/c1-13(24)36-18-6-5-14(37-23(25)26)9-15(18)20-17(11-32(30-20)12-19(34)31(2)3)29-22(35)16-10-28-33-8-4-7-27-21(16)33/h4-11,13,23H,12H2,1-3H3,(H,29,35). The van der Waals surface area contributed by atoms with E-state index >= 15 is 0 Å². The van der Waals surface area contributed by atoms with Gasteiger partial charge in [0, 0.05) is 39.6 Å². The van der Waals surface area contributed by atoms with Gasteiger partial charge in [0.1, 0.15) is 29.3 Å². The van der Waals surface area contributed by atoms with E-state index in [1.54, 1.807) is 26.4 Å². The number of fused-ring (bicyclic) bond motifs is 1. The van der Waals surface area contributed by atoms with Crippen LogP contribution in [0.2, 0.25) is 0 Å². The fourth-order valence-electron chi connectivity index (χ4n) is 3.40. The second kappa shape index (κ2) is 10.6. The van der Waals surface area contributed by atoms with Crippen LogP contribution in [0.25, 0.3) is 16.9 Å². The Labute approximate surface area is 208 Å². The van der Waals surface area contributed by atoms with Crippen LogP contribution < -0.4 is 14.8 Å². The summed E-state index contributed by atoms with van der Waals surface area (Å²) in [6, 6.07) is 5.25. The number of carbonyl (C=O) groups is 2. The number of aromatic nitrogens is 5. The average molecular weight is 517 g/mol. The summed E-state index contributed by atoms with van der Waals surface area (Å²) in [5.41, 5.74) is 0.607. The number of halogens is 3. The molecule has 11 nitrogen and oxygen atoms in total. The highest BCUT2D eigenvalue weighted by Crippen LogP contribution is 2.38. The van der Waals surface area contributed by atoms with Crippen molar-refractivity contribution in [2.75, 3.05) is 19.4 Å². The van der Waals surface area contributed by atoms with Crippen LogP contribution in [0.15, 0.2) is 49.1 Å². The van der Waals surface area contributed by atoms with Gasteiger partial charge in [-0.05, 0) is 24.3 Å². The van der Waals surface area contributed by atoms with Gasteiger partial charge in [-0.25, -0.2) is 13.9 Å². The number of likely N-dealkylation sites (N-methyl/N-ethyl adjacent to an activating group) is 1. The molecule has 0 saturated carbocycles. The summed E-state index contributed by atoms with van der Waals surface area (Å²) in [5, 5.41) is 11.1. The molecular formula is C23H22F3N7O4. The topological polar surface area (TPSA) is 116 Å². The Morgan fingerprint density at radius 2 is 1.97 bits per heavy atom. The Kier molecular flexibility index (Phi) is 7.27. The minimum Gasteiger partial charge on any atom is -0.460 e. The molecule has 0 spiro atoms. The molecule has 3 aromatic heterocycles. The predicted molar refractivity (Wildman–Crippen MR) is 125 cm³/mol. The molecule has 4 aromatic rings. The molecule has 1 N–H and O–H groups in total. The first-order valence-electron chi connectivity index (χ1n) is 10.9. The summed E-state index contributed by atoms with van der Waals surface area (Å²) in [7, 11) is 3.13. The molecular weight excluding hydrogens is 495 g/mol. The minimum atomic E-state index is -3.11. The maximum absolute atomic E-state index is 13.8. The van der Waals surface area contributed by atoms with Crippen LogP contribution in [0.4, 0.5) is 18.9 Å². The first-order valence-corrected chi connectivity index (χ1v) is 10.9. The fourth-order valence-corrected chi connectivity index (χ4v) is 3.40. The molecule has 14 heteroatoms. The van der Waals surface area contributed by atoms with E-state index in [0.717, 1.165) is 6.92 Å². The molecule has 1 aromatic carbocycles. The number of rotatable bonds is 9. The molecule has 0 radical (unpaired) electrons. The van der Waals surface area contributed by atoms with Gasteiger partial charge in [0.25, 0.3) is 5.91 Å². The van der Waals surface area contributed by atoms with Gasteiger partial charge < -0.3 is 19.7 Å². The zero-order valence-electron chi connectivity index (χ0n) is 19.9. The van der Waals surface area contributed by atoms with Gasteiger partial charge in [-0.2, -0.15) is 19.0 Å². The van der Waals surface area contributed by atoms with Crippen molar-refractivity contribution in [3.8, 4) is 22.8 Å². The van der Waals surface area contributed by atoms with E-state index < -0.39 is 18.9 Å². The number of benzene rings is 1. The second-order valence-electron chi connectivity index (χ2n) is 7.97. The number of nitrogens with one attached hydrogen (secondary N) is 1. The third kappa shape index (κ3) is 5.79. The van der Waals surface area contributed by atoms with Gasteiger partial charge in [0.15, 0.2) is 5.65 Å². The van der Waals surface area contributed by atoms with Crippen molar-refractivity contribution in [2.45, 2.75) is 26.4 Å². The molecule has 3 heterocycles. The molecule has 37 heavy (non-hydrogen) atoms. The lowest BCUT2D eigenvalue weighted by atomic mass is 10.1. The molecule has 0 aliphatic rings. The van der Waals surface area contributed by atoms with Crippen LogP contribution in [-0.4, -0.2) is 68.2 Å². The molecule has 0 aliphatic carbocycles. The molecule has 0 bridgehead atoms. The predicted octanol–water partition coefficient (Wildman–Crippen LogP) is 3.23. The smallest absolute Gasteiger partial charge is 0.387 e. The van der Waals surface area contributed by atoms with Crippen molar-refractivity contribution in [1.82, 2.24) is 29.3 Å². The van der Waals surface area contributed by atoms with Crippen molar-refractivity contribution in [3.05, 3.63) is 54.6 Å². The SMILES string of the molecule is CC(F)Oc1ccc(OC(F)F)cc1-c1nn(CC(=O)N(C)C)cc1NC(=O)c1cnn2cccnc12. The first-order chi connectivity index (χ1) is 17.6. The van der Waals surface area contributed by atoms with Gasteiger partial charge in [-0.3, -0.25) is 14.3 Å². The number of hydrogen-bond donors (Lipinski definition) is 1. The molecule has 0 fully saturated rings. The van der Waals surface area contributed by atoms with E-state index in [1.807, 2.05) is 0 Å². The Morgan fingerprint density at radius 1 is 1.19 bits per heavy atom. The fraction of sp³-hybridized carbons (Fsp3) is 0.261. The van der Waals surface area contributed by atoms with Crippen molar-refractivity contribution in [1.29, 1.82) is 0 Å². The lowest BCUT2D eigenvalue weighted by Gasteiger charge is -2.14. The van der Waals surface area contributed by atoms with E-state index in [1.165, 1.54) is 50.9 Å². The van der Waals surface area contributed by atoms with Gasteiger partial charge in [-0.15, -0.1) is 0 Å². The van der Waals surface area contributed by atoms with E-state index in [-0.39, 0.29) is 46.5 Å². The first kappa shape index (κ1) is 25.5. The van der Waals surface area contributed by atoms with Crippen LogP contribution in [-0.2, 0) is 11.3 Å². The molecule has 4 rings (SSSR count). The summed E-state index contributed by atoms with van der Waals surface area (Å²) >= 11 is 0. The van der Waals surface area contributed by atoms with E-state index in [4.69, 9.17) is 4.74 Å². The van der Waals surface area contributed by atoms with Gasteiger partial charge in [0.2, 0.25) is 12.3 Å². The molecule has 0 saturated heterocycles. The molecule has 194 valence electrons. The van der Waals surface area contributed by atoms with Crippen molar-refractivity contribution >= 4 is 23.1 Å². The minimum absolute atomic E-state index is 0.0275. The van der Waals surface area contributed by atoms with E-state index in [9.17, 15) is 22.8 Å². The number of carbonyl (C=O) groups excluding carboxylic acids is 2. The van der Waals surface area contributed by atoms with Gasteiger partial charge in [0.05, 0.1) is 17.4 Å². The monoisotopic (exact) mass is 517 g/mol. The van der Waals surface area contributed by atoms with Crippen molar-refractivity contribution < 1.29 is 32.2 Å². The second-order valence-corrected chi connectivity index (χ2v) is 7.97. The van der Waals surface area contributed by atoms with Crippen LogP contribution in [0.1, 0.15) is 17.3 Å². The number of alkyl halides is 3. The number of ether oxygens (including phenoxy) is 2. The van der Waals surface area contributed by atoms with Crippen LogP contribution in [0, 0.1) is 0 Å². The Morgan fingerprint density at radius 3 is 2.68 bits per heavy atom. The van der Waals surface area contributed by atoms with E-state index in [0.29, 0.717) is 5.65 Å². The van der Waals surface area contributed by atoms with E-state index in [2.05, 4.69) is 25.2 Å². The molecule has 1 atom stereocenters. The Balaban J connectivity index is 1.79. The zero-order valence-corrected chi connectivity index (χ0v) is 19.9. The third-order valence-electron chi connectivity index (χ3n) is 5.05. The number of anilines is 1. The molecule has 2 amide bonds. The highest BCUT2D eigenvalue weighted by Gasteiger charge is 2.23. The van der Waals surface area contributed by atoms with Gasteiger partial charge in [-0.1, -0.05) is 0 Å². The third-order valence-corrected chi connectivity index (χ3v) is 5.05. The summed E-state index contributed by atoms with van der Waals surface area (Å²) in [4.78, 5) is 31.0. The van der Waals surface area contributed by atoms with Crippen molar-refractivity contribution in [2.24, 2.45) is 0 Å². The lowest BCUT2D eigenvalue weighted by molar-refractivity contribution is -0.129. The summed E-state index contributed by atoms with van der Waals surface area (Å²) in [6.45, 7) is -2.17.